The Labute approximate surface area is 140 Å². The summed E-state index contributed by atoms with van der Waals surface area (Å²) in [7, 11) is 0. The molecule has 2 aliphatic rings. The Morgan fingerprint density at radius 3 is 2.23 bits per heavy atom. The number of imide groups is 1. The highest BCUT2D eigenvalue weighted by molar-refractivity contribution is 6.43. The molecule has 2 amide bonds. The van der Waals surface area contributed by atoms with E-state index >= 15 is 0 Å². The van der Waals surface area contributed by atoms with Gasteiger partial charge in [0.15, 0.2) is 0 Å². The van der Waals surface area contributed by atoms with Crippen LogP contribution in [0.2, 0.25) is 10.0 Å². The van der Waals surface area contributed by atoms with E-state index in [9.17, 15) is 9.59 Å². The van der Waals surface area contributed by atoms with Crippen LogP contribution in [0.1, 0.15) is 53.3 Å². The molecule has 2 aliphatic heterocycles. The van der Waals surface area contributed by atoms with Crippen LogP contribution in [0.4, 0.5) is 0 Å². The number of hydrogen-bond donors (Lipinski definition) is 0. The van der Waals surface area contributed by atoms with E-state index in [1.54, 1.807) is 0 Å². The Hall–Kier alpha value is -1.10. The topological polar surface area (TPSA) is 40.6 Å². The van der Waals surface area contributed by atoms with Crippen molar-refractivity contribution >= 4 is 35.0 Å². The zero-order valence-corrected chi connectivity index (χ0v) is 14.0. The number of amides is 2. The van der Waals surface area contributed by atoms with E-state index in [4.69, 9.17) is 23.2 Å². The smallest absolute Gasteiger partial charge is 0.262 e. The van der Waals surface area contributed by atoms with Crippen molar-refractivity contribution in [1.29, 1.82) is 0 Å². The predicted octanol–water partition coefficient (Wildman–Crippen LogP) is 3.81. The van der Waals surface area contributed by atoms with E-state index in [1.165, 1.54) is 23.5 Å². The first-order chi connectivity index (χ1) is 10.5. The molecular weight excluding hydrogens is 323 g/mol. The largest absolute Gasteiger partial charge is 0.283 e. The van der Waals surface area contributed by atoms with Crippen LogP contribution in [-0.4, -0.2) is 40.9 Å². The van der Waals surface area contributed by atoms with E-state index in [-0.39, 0.29) is 11.8 Å². The average Bonchev–Trinajstić information content (AvgIpc) is 2.73. The van der Waals surface area contributed by atoms with Crippen LogP contribution < -0.4 is 0 Å². The normalized spacial score (nSPS) is 22.3. The lowest BCUT2D eigenvalue weighted by Crippen LogP contribution is -2.47. The highest BCUT2D eigenvalue weighted by Gasteiger charge is 2.38. The van der Waals surface area contributed by atoms with Gasteiger partial charge in [0, 0.05) is 12.6 Å². The van der Waals surface area contributed by atoms with Crippen LogP contribution in [0.15, 0.2) is 12.1 Å². The van der Waals surface area contributed by atoms with Crippen LogP contribution in [-0.2, 0) is 0 Å². The number of halogens is 2. The number of fused-ring (bicyclic) bond motifs is 1. The molecule has 22 heavy (non-hydrogen) atoms. The Bertz CT molecular complexity index is 592. The lowest BCUT2D eigenvalue weighted by molar-refractivity contribution is 0.0417. The Morgan fingerprint density at radius 1 is 1.09 bits per heavy atom. The maximum absolute atomic E-state index is 12.5. The average molecular weight is 341 g/mol. The Morgan fingerprint density at radius 2 is 1.68 bits per heavy atom. The number of hydrogen-bond acceptors (Lipinski definition) is 3. The predicted molar refractivity (Wildman–Crippen MR) is 86.5 cm³/mol. The minimum atomic E-state index is -0.279. The highest BCUT2D eigenvalue weighted by Crippen LogP contribution is 2.32. The number of likely N-dealkylation sites (tertiary alicyclic amines) is 1. The van der Waals surface area contributed by atoms with Crippen molar-refractivity contribution in [3.8, 4) is 0 Å². The minimum absolute atomic E-state index is 0.279. The highest BCUT2D eigenvalue weighted by atomic mass is 35.5. The van der Waals surface area contributed by atoms with Crippen LogP contribution in [0.3, 0.4) is 0 Å². The molecule has 0 bridgehead atoms. The molecule has 1 atom stereocenters. The van der Waals surface area contributed by atoms with Crippen molar-refractivity contribution in [2.45, 2.75) is 38.6 Å². The fraction of sp³-hybridized carbons (Fsp3) is 0.500. The molecule has 1 saturated heterocycles. The number of piperidine rings is 1. The second-order valence-electron chi connectivity index (χ2n) is 5.86. The number of carbonyl (C=O) groups excluding carboxylic acids is 2. The standard InChI is InChI=1S/C16H18Cl2N2O2/c1-2-10-5-3-4-6-19(10)9-20-15(21)11-7-13(17)14(18)8-12(11)16(20)22/h7-8,10H,2-6,9H2,1H3/t10-/m1/s1. The molecule has 1 aromatic rings. The first-order valence-corrected chi connectivity index (χ1v) is 8.37. The monoisotopic (exact) mass is 340 g/mol. The first-order valence-electron chi connectivity index (χ1n) is 7.62. The summed E-state index contributed by atoms with van der Waals surface area (Å²) >= 11 is 11.9. The van der Waals surface area contributed by atoms with Gasteiger partial charge in [-0.3, -0.25) is 19.4 Å². The van der Waals surface area contributed by atoms with Crippen molar-refractivity contribution in [1.82, 2.24) is 9.80 Å². The van der Waals surface area contributed by atoms with E-state index in [1.807, 2.05) is 0 Å². The summed E-state index contributed by atoms with van der Waals surface area (Å²) in [5.74, 6) is -0.557. The second kappa shape index (κ2) is 6.19. The first kappa shape index (κ1) is 15.8. The Balaban J connectivity index is 1.84. The molecule has 0 spiro atoms. The van der Waals surface area contributed by atoms with Crippen LogP contribution in [0.5, 0.6) is 0 Å². The molecular formula is C16H18Cl2N2O2. The van der Waals surface area contributed by atoms with Gasteiger partial charge in [0.2, 0.25) is 0 Å². The zero-order chi connectivity index (χ0) is 15.9. The maximum Gasteiger partial charge on any atom is 0.262 e. The number of rotatable bonds is 3. The lowest BCUT2D eigenvalue weighted by atomic mass is 10.0. The van der Waals surface area contributed by atoms with E-state index < -0.39 is 0 Å². The third-order valence-corrected chi connectivity index (χ3v) is 5.28. The number of carbonyl (C=O) groups is 2. The summed E-state index contributed by atoms with van der Waals surface area (Å²) in [6, 6.07) is 3.42. The van der Waals surface area contributed by atoms with Crippen molar-refractivity contribution < 1.29 is 9.59 Å². The summed E-state index contributed by atoms with van der Waals surface area (Å²) < 4.78 is 0. The van der Waals surface area contributed by atoms with Crippen molar-refractivity contribution in [2.24, 2.45) is 0 Å². The molecule has 0 aliphatic carbocycles. The molecule has 0 aromatic heterocycles. The van der Waals surface area contributed by atoms with Crippen LogP contribution in [0, 0.1) is 0 Å². The molecule has 0 radical (unpaired) electrons. The summed E-state index contributed by atoms with van der Waals surface area (Å²) in [5.41, 5.74) is 0.703. The lowest BCUT2D eigenvalue weighted by Gasteiger charge is -2.37. The van der Waals surface area contributed by atoms with Gasteiger partial charge in [0.05, 0.1) is 27.8 Å². The van der Waals surface area contributed by atoms with Gasteiger partial charge in [-0.1, -0.05) is 36.5 Å². The van der Waals surface area contributed by atoms with Gasteiger partial charge in [-0.25, -0.2) is 0 Å². The molecule has 1 fully saturated rings. The van der Waals surface area contributed by atoms with Crippen molar-refractivity contribution in [2.75, 3.05) is 13.2 Å². The number of nitrogens with zero attached hydrogens (tertiary/aromatic N) is 2. The van der Waals surface area contributed by atoms with Gasteiger partial charge in [-0.2, -0.15) is 0 Å². The van der Waals surface area contributed by atoms with E-state index in [0.717, 1.165) is 25.8 Å². The SMILES string of the molecule is CC[C@@H]1CCCCN1CN1C(=O)c2cc(Cl)c(Cl)cc2C1=O. The molecule has 6 heteroatoms. The number of benzene rings is 1. The molecule has 0 saturated carbocycles. The van der Waals surface area contributed by atoms with Gasteiger partial charge in [0.25, 0.3) is 11.8 Å². The molecule has 3 rings (SSSR count). The summed E-state index contributed by atoms with van der Waals surface area (Å²) in [4.78, 5) is 28.6. The van der Waals surface area contributed by atoms with E-state index in [0.29, 0.717) is 33.9 Å². The van der Waals surface area contributed by atoms with Gasteiger partial charge in [-0.05, 0) is 31.4 Å². The van der Waals surface area contributed by atoms with Gasteiger partial charge < -0.3 is 0 Å². The maximum atomic E-state index is 12.5. The van der Waals surface area contributed by atoms with Gasteiger partial charge >= 0.3 is 0 Å². The fourth-order valence-corrected chi connectivity index (χ4v) is 3.63. The molecule has 0 N–H and O–H groups in total. The van der Waals surface area contributed by atoms with E-state index in [2.05, 4.69) is 11.8 Å². The van der Waals surface area contributed by atoms with Crippen molar-refractivity contribution in [3.63, 3.8) is 0 Å². The summed E-state index contributed by atoms with van der Waals surface area (Å²) in [6.45, 7) is 3.42. The summed E-state index contributed by atoms with van der Waals surface area (Å²) in [6.07, 6.45) is 4.47. The molecule has 0 unspecified atom stereocenters. The Kier molecular flexibility index (Phi) is 4.44. The van der Waals surface area contributed by atoms with Crippen LogP contribution in [0.25, 0.3) is 0 Å². The fourth-order valence-electron chi connectivity index (χ4n) is 3.30. The molecule has 4 nitrogen and oxygen atoms in total. The zero-order valence-electron chi connectivity index (χ0n) is 12.4. The third kappa shape index (κ3) is 2.64. The third-order valence-electron chi connectivity index (χ3n) is 4.55. The minimum Gasteiger partial charge on any atom is -0.283 e. The van der Waals surface area contributed by atoms with Crippen molar-refractivity contribution in [3.05, 3.63) is 33.3 Å². The molecule has 1 aromatic carbocycles. The molecule has 2 heterocycles. The molecule has 118 valence electrons. The summed E-state index contributed by atoms with van der Waals surface area (Å²) in [5, 5.41) is 0.598. The quantitative estimate of drug-likeness (QED) is 0.785. The van der Waals surface area contributed by atoms with Crippen LogP contribution >= 0.6 is 23.2 Å². The van der Waals surface area contributed by atoms with Gasteiger partial charge in [0.1, 0.15) is 0 Å². The van der Waals surface area contributed by atoms with Gasteiger partial charge in [-0.15, -0.1) is 0 Å². The second-order valence-corrected chi connectivity index (χ2v) is 6.68.